The molecule has 1 saturated heterocycles. The third kappa shape index (κ3) is 3.79. The molecular formula is C14H24BrN3S. The molecule has 2 atom stereocenters. The standard InChI is InChI=1S/C14H24BrN3S/c1-3-12(16)14(13-9-11(15)10-19-13)18-7-5-17(4-2)6-8-18/h9-10,12,14H,3-8,16H2,1-2H3. The zero-order valence-corrected chi connectivity index (χ0v) is 14.2. The van der Waals surface area contributed by atoms with Crippen molar-refractivity contribution in [2.75, 3.05) is 32.7 Å². The van der Waals surface area contributed by atoms with Crippen molar-refractivity contribution in [3.05, 3.63) is 20.8 Å². The van der Waals surface area contributed by atoms with Crippen LogP contribution in [0.15, 0.2) is 15.9 Å². The minimum Gasteiger partial charge on any atom is -0.326 e. The Hall–Kier alpha value is 0.0600. The normalized spacial score (nSPS) is 21.5. The molecule has 2 N–H and O–H groups in total. The molecule has 2 unspecified atom stereocenters. The third-order valence-corrected chi connectivity index (χ3v) is 5.77. The fourth-order valence-corrected chi connectivity index (χ4v) is 4.38. The maximum Gasteiger partial charge on any atom is 0.0594 e. The van der Waals surface area contributed by atoms with E-state index in [1.54, 1.807) is 0 Å². The van der Waals surface area contributed by atoms with E-state index < -0.39 is 0 Å². The quantitative estimate of drug-likeness (QED) is 0.890. The first kappa shape index (κ1) is 15.4. The molecule has 19 heavy (non-hydrogen) atoms. The summed E-state index contributed by atoms with van der Waals surface area (Å²) >= 11 is 5.38. The summed E-state index contributed by atoms with van der Waals surface area (Å²) in [5.74, 6) is 0. The number of nitrogens with two attached hydrogens (primary N) is 1. The molecule has 2 heterocycles. The van der Waals surface area contributed by atoms with Gasteiger partial charge in [0.05, 0.1) is 6.04 Å². The van der Waals surface area contributed by atoms with E-state index in [4.69, 9.17) is 5.73 Å². The Bertz CT molecular complexity index is 388. The summed E-state index contributed by atoms with van der Waals surface area (Å²) in [5, 5.41) is 2.16. The van der Waals surface area contributed by atoms with E-state index in [-0.39, 0.29) is 6.04 Å². The van der Waals surface area contributed by atoms with E-state index in [0.717, 1.165) is 39.1 Å². The molecule has 1 aliphatic heterocycles. The van der Waals surface area contributed by atoms with Crippen LogP contribution in [0.25, 0.3) is 0 Å². The van der Waals surface area contributed by atoms with Crippen molar-refractivity contribution in [2.24, 2.45) is 5.73 Å². The van der Waals surface area contributed by atoms with Crippen LogP contribution in [0.2, 0.25) is 0 Å². The van der Waals surface area contributed by atoms with Crippen molar-refractivity contribution in [2.45, 2.75) is 32.4 Å². The molecule has 0 spiro atoms. The number of hydrogen-bond donors (Lipinski definition) is 1. The van der Waals surface area contributed by atoms with Crippen molar-refractivity contribution in [1.82, 2.24) is 9.80 Å². The van der Waals surface area contributed by atoms with E-state index >= 15 is 0 Å². The molecule has 0 radical (unpaired) electrons. The summed E-state index contributed by atoms with van der Waals surface area (Å²) in [5.41, 5.74) is 6.39. The van der Waals surface area contributed by atoms with E-state index in [0.29, 0.717) is 6.04 Å². The average Bonchev–Trinajstić information content (AvgIpc) is 2.86. The van der Waals surface area contributed by atoms with Crippen LogP contribution in [0.3, 0.4) is 0 Å². The van der Waals surface area contributed by atoms with Crippen LogP contribution in [0, 0.1) is 0 Å². The number of nitrogens with zero attached hydrogens (tertiary/aromatic N) is 2. The molecule has 0 saturated carbocycles. The molecule has 1 aromatic rings. The molecule has 2 rings (SSSR count). The molecule has 5 heteroatoms. The van der Waals surface area contributed by atoms with Crippen molar-refractivity contribution < 1.29 is 0 Å². The largest absolute Gasteiger partial charge is 0.326 e. The second-order valence-electron chi connectivity index (χ2n) is 5.15. The Morgan fingerprint density at radius 3 is 2.47 bits per heavy atom. The first-order chi connectivity index (χ1) is 9.15. The maximum atomic E-state index is 6.39. The van der Waals surface area contributed by atoms with Gasteiger partial charge in [-0.2, -0.15) is 0 Å². The predicted molar refractivity (Wildman–Crippen MR) is 86.7 cm³/mol. The van der Waals surface area contributed by atoms with Gasteiger partial charge >= 0.3 is 0 Å². The average molecular weight is 346 g/mol. The topological polar surface area (TPSA) is 32.5 Å². The highest BCUT2D eigenvalue weighted by Crippen LogP contribution is 2.32. The summed E-state index contributed by atoms with van der Waals surface area (Å²) in [6.45, 7) is 10.2. The van der Waals surface area contributed by atoms with Gasteiger partial charge < -0.3 is 10.6 Å². The van der Waals surface area contributed by atoms with Gasteiger partial charge in [-0.15, -0.1) is 11.3 Å². The van der Waals surface area contributed by atoms with Gasteiger partial charge in [0.2, 0.25) is 0 Å². The molecule has 108 valence electrons. The fourth-order valence-electron chi connectivity index (χ4n) is 2.73. The van der Waals surface area contributed by atoms with Gasteiger partial charge in [-0.1, -0.05) is 13.8 Å². The van der Waals surface area contributed by atoms with Crippen molar-refractivity contribution in [3.8, 4) is 0 Å². The summed E-state index contributed by atoms with van der Waals surface area (Å²) in [6, 6.07) is 2.83. The van der Waals surface area contributed by atoms with Gasteiger partial charge in [-0.3, -0.25) is 4.90 Å². The van der Waals surface area contributed by atoms with Gasteiger partial charge in [-0.05, 0) is 35.0 Å². The lowest BCUT2D eigenvalue weighted by molar-refractivity contribution is 0.0880. The van der Waals surface area contributed by atoms with Crippen molar-refractivity contribution in [1.29, 1.82) is 0 Å². The molecular weight excluding hydrogens is 322 g/mol. The summed E-state index contributed by atoms with van der Waals surface area (Å²) in [7, 11) is 0. The highest BCUT2D eigenvalue weighted by molar-refractivity contribution is 9.10. The van der Waals surface area contributed by atoms with E-state index in [1.165, 1.54) is 9.35 Å². The second kappa shape index (κ2) is 7.18. The van der Waals surface area contributed by atoms with Crippen molar-refractivity contribution in [3.63, 3.8) is 0 Å². The smallest absolute Gasteiger partial charge is 0.0594 e. The lowest BCUT2D eigenvalue weighted by atomic mass is 10.0. The van der Waals surface area contributed by atoms with Crippen LogP contribution in [0.4, 0.5) is 0 Å². The summed E-state index contributed by atoms with van der Waals surface area (Å²) < 4.78 is 1.17. The van der Waals surface area contributed by atoms with Crippen LogP contribution in [-0.4, -0.2) is 48.6 Å². The number of rotatable bonds is 5. The van der Waals surface area contributed by atoms with E-state index in [1.807, 2.05) is 11.3 Å². The van der Waals surface area contributed by atoms with E-state index in [9.17, 15) is 0 Å². The molecule has 0 aliphatic carbocycles. The molecule has 0 amide bonds. The lowest BCUT2D eigenvalue weighted by Gasteiger charge is -2.40. The van der Waals surface area contributed by atoms with Gasteiger partial charge in [0.15, 0.2) is 0 Å². The molecule has 1 aliphatic rings. The third-order valence-electron chi connectivity index (χ3n) is 4.00. The maximum absolute atomic E-state index is 6.39. The Morgan fingerprint density at radius 2 is 2.00 bits per heavy atom. The zero-order chi connectivity index (χ0) is 13.8. The highest BCUT2D eigenvalue weighted by Gasteiger charge is 2.29. The molecule has 0 bridgehead atoms. The Morgan fingerprint density at radius 1 is 1.32 bits per heavy atom. The predicted octanol–water partition coefficient (Wildman–Crippen LogP) is 2.93. The summed E-state index contributed by atoms with van der Waals surface area (Å²) in [4.78, 5) is 6.47. The summed E-state index contributed by atoms with van der Waals surface area (Å²) in [6.07, 6.45) is 1.02. The minimum atomic E-state index is 0.221. The van der Waals surface area contributed by atoms with E-state index in [2.05, 4.69) is 51.0 Å². The molecule has 1 fully saturated rings. The van der Waals surface area contributed by atoms with Gasteiger partial charge in [0.25, 0.3) is 0 Å². The van der Waals surface area contributed by atoms with Crippen LogP contribution < -0.4 is 5.73 Å². The second-order valence-corrected chi connectivity index (χ2v) is 7.01. The number of thiophene rings is 1. The molecule has 1 aromatic heterocycles. The van der Waals surface area contributed by atoms with Gasteiger partial charge in [0.1, 0.15) is 0 Å². The van der Waals surface area contributed by atoms with Crippen LogP contribution >= 0.6 is 27.3 Å². The van der Waals surface area contributed by atoms with Crippen LogP contribution in [0.1, 0.15) is 31.2 Å². The zero-order valence-electron chi connectivity index (χ0n) is 11.8. The number of piperazine rings is 1. The molecule has 3 nitrogen and oxygen atoms in total. The fraction of sp³-hybridized carbons (Fsp3) is 0.714. The monoisotopic (exact) mass is 345 g/mol. The first-order valence-corrected chi connectivity index (χ1v) is 8.78. The highest BCUT2D eigenvalue weighted by atomic mass is 79.9. The van der Waals surface area contributed by atoms with Crippen LogP contribution in [0.5, 0.6) is 0 Å². The van der Waals surface area contributed by atoms with Gasteiger partial charge in [0, 0.05) is 47.0 Å². The number of halogens is 1. The Labute approximate surface area is 128 Å². The molecule has 0 aromatic carbocycles. The number of hydrogen-bond acceptors (Lipinski definition) is 4. The minimum absolute atomic E-state index is 0.221. The SMILES string of the molecule is CCC(N)C(c1cc(Br)cs1)N1CCN(CC)CC1. The van der Waals surface area contributed by atoms with Gasteiger partial charge in [-0.25, -0.2) is 0 Å². The van der Waals surface area contributed by atoms with Crippen molar-refractivity contribution >= 4 is 27.3 Å². The Balaban J connectivity index is 2.10. The first-order valence-electron chi connectivity index (χ1n) is 7.11. The number of likely N-dealkylation sites (N-methyl/N-ethyl adjacent to an activating group) is 1. The van der Waals surface area contributed by atoms with Crippen LogP contribution in [-0.2, 0) is 0 Å². The Kier molecular flexibility index (Phi) is 5.84. The lowest BCUT2D eigenvalue weighted by Crippen LogP contribution is -2.51.